The van der Waals surface area contributed by atoms with Crippen molar-refractivity contribution in [1.29, 1.82) is 0 Å². The highest BCUT2D eigenvalue weighted by molar-refractivity contribution is 5.82. The predicted molar refractivity (Wildman–Crippen MR) is 103 cm³/mol. The molecule has 26 heavy (non-hydrogen) atoms. The average Bonchev–Trinajstić information content (AvgIpc) is 3.14. The van der Waals surface area contributed by atoms with Crippen LogP contribution in [-0.2, 0) is 9.59 Å². The van der Waals surface area contributed by atoms with Crippen molar-refractivity contribution in [3.8, 4) is 0 Å². The summed E-state index contributed by atoms with van der Waals surface area (Å²) < 4.78 is 0. The minimum atomic E-state index is -0.000600. The van der Waals surface area contributed by atoms with E-state index in [9.17, 15) is 9.59 Å². The molecule has 3 rings (SSSR count). The SMILES string of the molecule is CC1CC(C)CN(C(=O)CN2CCCC(CNC(=O)C3CCCN3)C2)C1. The Kier molecular flexibility index (Phi) is 6.92. The molecule has 4 atom stereocenters. The number of likely N-dealkylation sites (tertiary alicyclic amines) is 2. The number of hydrogen-bond donors (Lipinski definition) is 2. The average molecular weight is 365 g/mol. The van der Waals surface area contributed by atoms with Gasteiger partial charge in [-0.1, -0.05) is 13.8 Å². The van der Waals surface area contributed by atoms with Gasteiger partial charge in [0.2, 0.25) is 11.8 Å². The Morgan fingerprint density at radius 3 is 2.54 bits per heavy atom. The van der Waals surface area contributed by atoms with E-state index in [-0.39, 0.29) is 17.9 Å². The maximum Gasteiger partial charge on any atom is 0.237 e. The Balaban J connectivity index is 1.41. The fourth-order valence-electron chi connectivity index (χ4n) is 4.90. The summed E-state index contributed by atoms with van der Waals surface area (Å²) in [7, 11) is 0. The van der Waals surface area contributed by atoms with Gasteiger partial charge in [-0.15, -0.1) is 0 Å². The Labute approximate surface area is 158 Å². The monoisotopic (exact) mass is 364 g/mol. The van der Waals surface area contributed by atoms with Crippen LogP contribution in [0.25, 0.3) is 0 Å². The molecular formula is C20H36N4O2. The molecule has 0 aliphatic carbocycles. The number of piperidine rings is 2. The van der Waals surface area contributed by atoms with Crippen molar-refractivity contribution in [3.63, 3.8) is 0 Å². The quantitative estimate of drug-likeness (QED) is 0.766. The topological polar surface area (TPSA) is 64.7 Å². The minimum absolute atomic E-state index is 0.000600. The zero-order chi connectivity index (χ0) is 18.5. The third kappa shape index (κ3) is 5.43. The summed E-state index contributed by atoms with van der Waals surface area (Å²) in [4.78, 5) is 29.2. The number of carbonyl (C=O) groups excluding carboxylic acids is 2. The molecule has 0 bridgehead atoms. The van der Waals surface area contributed by atoms with Gasteiger partial charge in [-0.05, 0) is 62.9 Å². The van der Waals surface area contributed by atoms with Gasteiger partial charge in [-0.3, -0.25) is 14.5 Å². The van der Waals surface area contributed by atoms with Crippen LogP contribution >= 0.6 is 0 Å². The molecule has 4 unspecified atom stereocenters. The summed E-state index contributed by atoms with van der Waals surface area (Å²) >= 11 is 0. The summed E-state index contributed by atoms with van der Waals surface area (Å²) in [5, 5.41) is 6.37. The van der Waals surface area contributed by atoms with E-state index >= 15 is 0 Å². The largest absolute Gasteiger partial charge is 0.354 e. The van der Waals surface area contributed by atoms with Gasteiger partial charge in [-0.25, -0.2) is 0 Å². The highest BCUT2D eigenvalue weighted by Crippen LogP contribution is 2.22. The van der Waals surface area contributed by atoms with Crippen LogP contribution < -0.4 is 10.6 Å². The molecule has 0 radical (unpaired) electrons. The van der Waals surface area contributed by atoms with E-state index < -0.39 is 0 Å². The molecule has 3 heterocycles. The third-order valence-corrected chi connectivity index (χ3v) is 6.13. The second-order valence-electron chi connectivity index (χ2n) is 8.88. The third-order valence-electron chi connectivity index (χ3n) is 6.13. The van der Waals surface area contributed by atoms with Gasteiger partial charge in [0.15, 0.2) is 0 Å². The fourth-order valence-corrected chi connectivity index (χ4v) is 4.90. The van der Waals surface area contributed by atoms with Crippen molar-refractivity contribution in [2.45, 2.75) is 52.0 Å². The van der Waals surface area contributed by atoms with E-state index in [2.05, 4.69) is 34.3 Å². The molecule has 0 aromatic carbocycles. The molecule has 0 aromatic heterocycles. The highest BCUT2D eigenvalue weighted by atomic mass is 16.2. The molecule has 2 N–H and O–H groups in total. The number of carbonyl (C=O) groups is 2. The molecule has 0 saturated carbocycles. The van der Waals surface area contributed by atoms with Gasteiger partial charge in [0.1, 0.15) is 0 Å². The normalized spacial score (nSPS) is 33.2. The van der Waals surface area contributed by atoms with Crippen LogP contribution in [0.15, 0.2) is 0 Å². The molecule has 148 valence electrons. The Morgan fingerprint density at radius 2 is 1.85 bits per heavy atom. The van der Waals surface area contributed by atoms with E-state index in [1.165, 1.54) is 6.42 Å². The van der Waals surface area contributed by atoms with E-state index in [1.54, 1.807) is 0 Å². The lowest BCUT2D eigenvalue weighted by molar-refractivity contribution is -0.135. The first kappa shape index (κ1) is 19.6. The van der Waals surface area contributed by atoms with Crippen LogP contribution in [0.2, 0.25) is 0 Å². The molecule has 6 nitrogen and oxygen atoms in total. The van der Waals surface area contributed by atoms with E-state index in [0.29, 0.717) is 24.3 Å². The lowest BCUT2D eigenvalue weighted by Crippen LogP contribution is -2.50. The predicted octanol–water partition coefficient (Wildman–Crippen LogP) is 1.07. The summed E-state index contributed by atoms with van der Waals surface area (Å²) in [5.41, 5.74) is 0. The lowest BCUT2D eigenvalue weighted by Gasteiger charge is -2.38. The maximum atomic E-state index is 12.7. The summed E-state index contributed by atoms with van der Waals surface area (Å²) in [6.45, 7) is 10.4. The van der Waals surface area contributed by atoms with Crippen LogP contribution in [-0.4, -0.2) is 73.5 Å². The molecule has 3 saturated heterocycles. The first-order valence-corrected chi connectivity index (χ1v) is 10.5. The molecule has 3 aliphatic heterocycles. The summed E-state index contributed by atoms with van der Waals surface area (Å²) in [6, 6.07) is -0.000600. The van der Waals surface area contributed by atoms with Crippen LogP contribution in [0, 0.1) is 17.8 Å². The zero-order valence-electron chi connectivity index (χ0n) is 16.5. The van der Waals surface area contributed by atoms with E-state index in [4.69, 9.17) is 0 Å². The standard InChI is InChI=1S/C20H36N4O2/c1-15-9-16(2)12-24(11-15)19(25)14-23-8-4-5-17(13-23)10-22-20(26)18-6-3-7-21-18/h15-18,21H,3-14H2,1-2H3,(H,22,26). The first-order chi connectivity index (χ1) is 12.5. The molecule has 3 fully saturated rings. The van der Waals surface area contributed by atoms with E-state index in [0.717, 1.165) is 65.0 Å². The van der Waals surface area contributed by atoms with Crippen molar-refractivity contribution < 1.29 is 9.59 Å². The first-order valence-electron chi connectivity index (χ1n) is 10.5. The van der Waals surface area contributed by atoms with Crippen molar-refractivity contribution in [1.82, 2.24) is 20.4 Å². The Bertz CT molecular complexity index is 482. The molecular weight excluding hydrogens is 328 g/mol. The van der Waals surface area contributed by atoms with Crippen LogP contribution in [0.1, 0.15) is 46.0 Å². The van der Waals surface area contributed by atoms with Gasteiger partial charge >= 0.3 is 0 Å². The maximum absolute atomic E-state index is 12.7. The molecule has 3 aliphatic rings. The van der Waals surface area contributed by atoms with Crippen molar-refractivity contribution in [2.75, 3.05) is 45.8 Å². The molecule has 2 amide bonds. The second-order valence-corrected chi connectivity index (χ2v) is 8.88. The van der Waals surface area contributed by atoms with Gasteiger partial charge in [0.25, 0.3) is 0 Å². The number of hydrogen-bond acceptors (Lipinski definition) is 4. The van der Waals surface area contributed by atoms with E-state index in [1.807, 2.05) is 0 Å². The van der Waals surface area contributed by atoms with Gasteiger partial charge in [0.05, 0.1) is 12.6 Å². The summed E-state index contributed by atoms with van der Waals surface area (Å²) in [6.07, 6.45) is 5.52. The van der Waals surface area contributed by atoms with Crippen molar-refractivity contribution in [3.05, 3.63) is 0 Å². The zero-order valence-corrected chi connectivity index (χ0v) is 16.5. The molecule has 6 heteroatoms. The highest BCUT2D eigenvalue weighted by Gasteiger charge is 2.29. The number of rotatable bonds is 5. The van der Waals surface area contributed by atoms with Crippen molar-refractivity contribution >= 4 is 11.8 Å². The number of nitrogens with zero attached hydrogens (tertiary/aromatic N) is 2. The van der Waals surface area contributed by atoms with Crippen molar-refractivity contribution in [2.24, 2.45) is 17.8 Å². The fraction of sp³-hybridized carbons (Fsp3) is 0.900. The molecule has 0 spiro atoms. The van der Waals surface area contributed by atoms with Crippen LogP contribution in [0.4, 0.5) is 0 Å². The molecule has 0 aromatic rings. The van der Waals surface area contributed by atoms with Gasteiger partial charge < -0.3 is 15.5 Å². The van der Waals surface area contributed by atoms with Crippen LogP contribution in [0.3, 0.4) is 0 Å². The Hall–Kier alpha value is -1.14. The van der Waals surface area contributed by atoms with Crippen LogP contribution in [0.5, 0.6) is 0 Å². The van der Waals surface area contributed by atoms with Gasteiger partial charge in [0, 0.05) is 26.2 Å². The number of amides is 2. The smallest absolute Gasteiger partial charge is 0.237 e. The second kappa shape index (κ2) is 9.18. The lowest BCUT2D eigenvalue weighted by atomic mass is 9.92. The number of nitrogens with one attached hydrogen (secondary N) is 2. The Morgan fingerprint density at radius 1 is 1.08 bits per heavy atom. The minimum Gasteiger partial charge on any atom is -0.354 e. The summed E-state index contributed by atoms with van der Waals surface area (Å²) in [5.74, 6) is 2.10. The van der Waals surface area contributed by atoms with Gasteiger partial charge in [-0.2, -0.15) is 0 Å².